The number of halogens is 1. The van der Waals surface area contributed by atoms with Gasteiger partial charge in [0, 0.05) is 0 Å². The normalized spacial score (nSPS) is 10.1. The Kier molecular flexibility index (Phi) is 3.53. The summed E-state index contributed by atoms with van der Waals surface area (Å²) in [6.45, 7) is 0. The number of rotatable bonds is 3. The largest absolute Gasteiger partial charge is 0.494 e. The Hall–Kier alpha value is -2.00. The highest BCUT2D eigenvalue weighted by Gasteiger charge is 2.16. The topological polar surface area (TPSA) is 46.5 Å². The van der Waals surface area contributed by atoms with Crippen molar-refractivity contribution in [2.45, 2.75) is 0 Å². The molecule has 2 aromatic carbocycles. The molecule has 0 fully saturated rings. The van der Waals surface area contributed by atoms with E-state index in [9.17, 15) is 4.79 Å². The van der Waals surface area contributed by atoms with Crippen LogP contribution in [0.1, 0.15) is 10.4 Å². The van der Waals surface area contributed by atoms with E-state index in [0.29, 0.717) is 0 Å². The number of hydrogen-bond donors (Lipinski definition) is 1. The first-order valence-electron chi connectivity index (χ1n) is 5.29. The third kappa shape index (κ3) is 2.31. The Morgan fingerprint density at radius 2 is 1.83 bits per heavy atom. The Morgan fingerprint density at radius 3 is 2.39 bits per heavy atom. The zero-order chi connectivity index (χ0) is 13.1. The maximum absolute atomic E-state index is 11.2. The first-order valence-corrected chi connectivity index (χ1v) is 5.67. The molecular weight excluding hydrogens is 252 g/mol. The van der Waals surface area contributed by atoms with E-state index >= 15 is 0 Å². The summed E-state index contributed by atoms with van der Waals surface area (Å²) < 4.78 is 5.02. The van der Waals surface area contributed by atoms with Gasteiger partial charge < -0.3 is 9.84 Å². The van der Waals surface area contributed by atoms with Crippen LogP contribution in [0.5, 0.6) is 5.75 Å². The Labute approximate surface area is 110 Å². The molecule has 2 aromatic rings. The number of ether oxygens (including phenoxy) is 1. The van der Waals surface area contributed by atoms with Crippen LogP contribution in [0.15, 0.2) is 42.5 Å². The Morgan fingerprint density at radius 1 is 1.17 bits per heavy atom. The third-order valence-electron chi connectivity index (χ3n) is 2.59. The zero-order valence-electron chi connectivity index (χ0n) is 9.68. The molecule has 0 spiro atoms. The second-order valence-electron chi connectivity index (χ2n) is 3.71. The molecule has 18 heavy (non-hydrogen) atoms. The second-order valence-corrected chi connectivity index (χ2v) is 4.12. The molecule has 0 bridgehead atoms. The quantitative estimate of drug-likeness (QED) is 0.917. The van der Waals surface area contributed by atoms with E-state index in [-0.39, 0.29) is 16.3 Å². The average Bonchev–Trinajstić information content (AvgIpc) is 2.38. The molecule has 0 heterocycles. The van der Waals surface area contributed by atoms with E-state index in [1.165, 1.54) is 7.11 Å². The fraction of sp³-hybridized carbons (Fsp3) is 0.0714. The molecule has 0 saturated carbocycles. The number of methoxy groups -OCH3 is 1. The number of benzene rings is 2. The van der Waals surface area contributed by atoms with E-state index in [0.717, 1.165) is 11.1 Å². The summed E-state index contributed by atoms with van der Waals surface area (Å²) in [5, 5.41) is 9.44. The van der Waals surface area contributed by atoms with Crippen molar-refractivity contribution in [3.63, 3.8) is 0 Å². The van der Waals surface area contributed by atoms with Crippen molar-refractivity contribution in [2.75, 3.05) is 7.11 Å². The molecule has 0 aliphatic carbocycles. The highest BCUT2D eigenvalue weighted by molar-refractivity contribution is 6.33. The monoisotopic (exact) mass is 262 g/mol. The van der Waals surface area contributed by atoms with Gasteiger partial charge in [0.05, 0.1) is 12.1 Å². The molecule has 0 aliphatic rings. The van der Waals surface area contributed by atoms with Gasteiger partial charge in [0.15, 0.2) is 5.75 Å². The number of hydrogen-bond acceptors (Lipinski definition) is 2. The SMILES string of the molecule is COc1c(Cl)cc(-c2ccccc2)cc1C(=O)O. The highest BCUT2D eigenvalue weighted by Crippen LogP contribution is 2.34. The highest BCUT2D eigenvalue weighted by atomic mass is 35.5. The first-order chi connectivity index (χ1) is 8.63. The lowest BCUT2D eigenvalue weighted by atomic mass is 10.0. The predicted molar refractivity (Wildman–Crippen MR) is 70.4 cm³/mol. The fourth-order valence-corrected chi connectivity index (χ4v) is 2.05. The lowest BCUT2D eigenvalue weighted by Gasteiger charge is -2.10. The van der Waals surface area contributed by atoms with Crippen LogP contribution in [0.3, 0.4) is 0 Å². The fourth-order valence-electron chi connectivity index (χ4n) is 1.76. The minimum Gasteiger partial charge on any atom is -0.494 e. The molecule has 0 radical (unpaired) electrons. The van der Waals surface area contributed by atoms with E-state index in [4.69, 9.17) is 21.4 Å². The molecule has 0 aliphatic heterocycles. The molecule has 0 aromatic heterocycles. The van der Waals surface area contributed by atoms with E-state index in [2.05, 4.69) is 0 Å². The van der Waals surface area contributed by atoms with Crippen LogP contribution < -0.4 is 4.74 Å². The van der Waals surface area contributed by atoms with Crippen molar-refractivity contribution < 1.29 is 14.6 Å². The van der Waals surface area contributed by atoms with E-state index in [1.807, 2.05) is 30.3 Å². The summed E-state index contributed by atoms with van der Waals surface area (Å²) in [5.41, 5.74) is 1.72. The summed E-state index contributed by atoms with van der Waals surface area (Å²) in [6, 6.07) is 12.7. The van der Waals surface area contributed by atoms with Crippen LogP contribution in [0.4, 0.5) is 0 Å². The summed E-state index contributed by atoms with van der Waals surface area (Å²) in [4.78, 5) is 11.2. The maximum atomic E-state index is 11.2. The standard InChI is InChI=1S/C14H11ClO3/c1-18-13-11(14(16)17)7-10(8-12(13)15)9-5-3-2-4-6-9/h2-8H,1H3,(H,16,17). The Balaban J connectivity index is 2.62. The summed E-state index contributed by atoms with van der Waals surface area (Å²) in [7, 11) is 1.40. The molecule has 0 saturated heterocycles. The average molecular weight is 263 g/mol. The minimum absolute atomic E-state index is 0.0591. The van der Waals surface area contributed by atoms with E-state index < -0.39 is 5.97 Å². The molecule has 3 nitrogen and oxygen atoms in total. The smallest absolute Gasteiger partial charge is 0.339 e. The third-order valence-corrected chi connectivity index (χ3v) is 2.87. The van der Waals surface area contributed by atoms with Gasteiger partial charge in [0.2, 0.25) is 0 Å². The van der Waals surface area contributed by atoms with Crippen molar-refractivity contribution in [3.8, 4) is 16.9 Å². The number of carboxylic acid groups (broad SMARTS) is 1. The number of carbonyl (C=O) groups is 1. The van der Waals surface area contributed by atoms with Crippen LogP contribution in [-0.4, -0.2) is 18.2 Å². The molecule has 4 heteroatoms. The van der Waals surface area contributed by atoms with Crippen molar-refractivity contribution in [1.29, 1.82) is 0 Å². The molecular formula is C14H11ClO3. The molecule has 2 rings (SSSR count). The van der Waals surface area contributed by atoms with Gasteiger partial charge in [-0.2, -0.15) is 0 Å². The lowest BCUT2D eigenvalue weighted by molar-refractivity contribution is 0.0693. The molecule has 92 valence electrons. The number of carboxylic acids is 1. The van der Waals surface area contributed by atoms with Crippen LogP contribution in [-0.2, 0) is 0 Å². The van der Waals surface area contributed by atoms with Crippen LogP contribution in [0.2, 0.25) is 5.02 Å². The first kappa shape index (κ1) is 12.5. The maximum Gasteiger partial charge on any atom is 0.339 e. The lowest BCUT2D eigenvalue weighted by Crippen LogP contribution is -2.01. The Bertz CT molecular complexity index is 579. The predicted octanol–water partition coefficient (Wildman–Crippen LogP) is 3.71. The summed E-state index contributed by atoms with van der Waals surface area (Å²) in [6.07, 6.45) is 0. The van der Waals surface area contributed by atoms with Crippen LogP contribution in [0, 0.1) is 0 Å². The summed E-state index contributed by atoms with van der Waals surface area (Å²) in [5.74, 6) is -0.879. The van der Waals surface area contributed by atoms with Crippen molar-refractivity contribution >= 4 is 17.6 Å². The van der Waals surface area contributed by atoms with Gasteiger partial charge in [0.1, 0.15) is 5.56 Å². The molecule has 1 N–H and O–H groups in total. The molecule has 0 amide bonds. The second kappa shape index (κ2) is 5.10. The van der Waals surface area contributed by atoms with Crippen molar-refractivity contribution in [2.24, 2.45) is 0 Å². The van der Waals surface area contributed by atoms with Crippen LogP contribution in [0.25, 0.3) is 11.1 Å². The molecule has 0 unspecified atom stereocenters. The van der Waals surface area contributed by atoms with Gasteiger partial charge in [-0.15, -0.1) is 0 Å². The van der Waals surface area contributed by atoms with Gasteiger partial charge in [-0.25, -0.2) is 4.79 Å². The zero-order valence-corrected chi connectivity index (χ0v) is 10.4. The van der Waals surface area contributed by atoms with E-state index in [1.54, 1.807) is 12.1 Å². The van der Waals surface area contributed by atoms with Gasteiger partial charge in [-0.1, -0.05) is 41.9 Å². The van der Waals surface area contributed by atoms with Gasteiger partial charge in [0.25, 0.3) is 0 Å². The van der Waals surface area contributed by atoms with Gasteiger partial charge >= 0.3 is 5.97 Å². The minimum atomic E-state index is -1.06. The summed E-state index contributed by atoms with van der Waals surface area (Å²) >= 11 is 6.04. The number of aromatic carboxylic acids is 1. The van der Waals surface area contributed by atoms with Gasteiger partial charge in [-0.3, -0.25) is 0 Å². The van der Waals surface area contributed by atoms with Crippen molar-refractivity contribution in [1.82, 2.24) is 0 Å². The van der Waals surface area contributed by atoms with Gasteiger partial charge in [-0.05, 0) is 23.3 Å². The van der Waals surface area contributed by atoms with Crippen LogP contribution >= 0.6 is 11.6 Å². The molecule has 0 atom stereocenters. The van der Waals surface area contributed by atoms with Crippen molar-refractivity contribution in [3.05, 3.63) is 53.1 Å².